The van der Waals surface area contributed by atoms with Gasteiger partial charge >= 0.3 is 5.97 Å². The van der Waals surface area contributed by atoms with Crippen molar-refractivity contribution in [1.82, 2.24) is 10.3 Å². The Bertz CT molecular complexity index is 521. The predicted molar refractivity (Wildman–Crippen MR) is 83.9 cm³/mol. The van der Waals surface area contributed by atoms with Gasteiger partial charge in [-0.2, -0.15) is 0 Å². The Labute approximate surface area is 131 Å². The number of rotatable bonds is 5. The summed E-state index contributed by atoms with van der Waals surface area (Å²) in [5.74, 6) is -0.369. The molecule has 0 aromatic heterocycles. The van der Waals surface area contributed by atoms with Crippen LogP contribution in [0.4, 0.5) is 5.69 Å². The number of para-hydroxylation sites is 1. The number of nitrogens with one attached hydrogen (secondary N) is 1. The first-order valence-corrected chi connectivity index (χ1v) is 7.57. The molecular weight excluding hydrogens is 282 g/mol. The molecule has 0 spiro atoms. The Morgan fingerprint density at radius 3 is 2.59 bits per heavy atom. The van der Waals surface area contributed by atoms with Gasteiger partial charge in [-0.25, -0.2) is 5.01 Å². The Hall–Kier alpha value is -2.08. The van der Waals surface area contributed by atoms with E-state index in [0.29, 0.717) is 6.61 Å². The third-order valence-corrected chi connectivity index (χ3v) is 3.64. The molecule has 1 aliphatic rings. The highest BCUT2D eigenvalue weighted by atomic mass is 16.5. The van der Waals surface area contributed by atoms with E-state index in [0.717, 1.165) is 12.1 Å². The number of ether oxygens (including phenoxy) is 1. The van der Waals surface area contributed by atoms with Gasteiger partial charge in [-0.1, -0.05) is 18.2 Å². The summed E-state index contributed by atoms with van der Waals surface area (Å²) < 4.78 is 4.92. The van der Waals surface area contributed by atoms with Crippen LogP contribution >= 0.6 is 0 Å². The van der Waals surface area contributed by atoms with E-state index in [1.165, 1.54) is 6.92 Å². The number of hydrogen-bond acceptors (Lipinski definition) is 5. The van der Waals surface area contributed by atoms with E-state index >= 15 is 0 Å². The van der Waals surface area contributed by atoms with Gasteiger partial charge in [0.15, 0.2) is 0 Å². The second-order valence-corrected chi connectivity index (χ2v) is 5.33. The van der Waals surface area contributed by atoms with Crippen LogP contribution in [0.25, 0.3) is 0 Å². The van der Waals surface area contributed by atoms with Crippen LogP contribution in [0.2, 0.25) is 0 Å². The van der Waals surface area contributed by atoms with E-state index < -0.39 is 0 Å². The van der Waals surface area contributed by atoms with Crippen LogP contribution in [-0.4, -0.2) is 42.2 Å². The molecule has 120 valence electrons. The molecule has 0 bridgehead atoms. The number of anilines is 1. The molecule has 1 amide bonds. The van der Waals surface area contributed by atoms with Crippen LogP contribution in [0.5, 0.6) is 0 Å². The Morgan fingerprint density at radius 2 is 2.00 bits per heavy atom. The first kappa shape index (κ1) is 16.3. The average Bonchev–Trinajstić information content (AvgIpc) is 2.83. The van der Waals surface area contributed by atoms with Gasteiger partial charge in [-0.3, -0.25) is 19.9 Å². The summed E-state index contributed by atoms with van der Waals surface area (Å²) in [6.07, 6.45) is 0.533. The lowest BCUT2D eigenvalue weighted by atomic mass is 10.2. The minimum absolute atomic E-state index is 0.0606. The SMILES string of the molecule is CCOC(=O)CNC1CC(C)N(c2ccccc2)N1C(C)=O. The van der Waals surface area contributed by atoms with E-state index in [1.54, 1.807) is 11.9 Å². The largest absolute Gasteiger partial charge is 0.465 e. The summed E-state index contributed by atoms with van der Waals surface area (Å²) in [6, 6.07) is 9.93. The van der Waals surface area contributed by atoms with E-state index in [2.05, 4.69) is 12.2 Å². The number of carbonyl (C=O) groups is 2. The second-order valence-electron chi connectivity index (χ2n) is 5.33. The van der Waals surface area contributed by atoms with Crippen LogP contribution in [0.15, 0.2) is 30.3 Å². The fourth-order valence-corrected chi connectivity index (χ4v) is 2.80. The molecule has 6 heteroatoms. The minimum Gasteiger partial charge on any atom is -0.465 e. The van der Waals surface area contributed by atoms with E-state index in [9.17, 15) is 9.59 Å². The number of carbonyl (C=O) groups excluding carboxylic acids is 2. The summed E-state index contributed by atoms with van der Waals surface area (Å²) in [5.41, 5.74) is 0.964. The summed E-state index contributed by atoms with van der Waals surface area (Å²) in [6.45, 7) is 5.82. The average molecular weight is 305 g/mol. The van der Waals surface area contributed by atoms with Gasteiger partial charge in [0.25, 0.3) is 0 Å². The standard InChI is InChI=1S/C16H23N3O3/c1-4-22-16(21)11-17-15-10-12(2)18(19(15)13(3)20)14-8-6-5-7-9-14/h5-9,12,15,17H,4,10-11H2,1-3H3. The Morgan fingerprint density at radius 1 is 1.32 bits per heavy atom. The summed E-state index contributed by atoms with van der Waals surface area (Å²) in [4.78, 5) is 23.6. The highest BCUT2D eigenvalue weighted by Gasteiger charge is 2.38. The zero-order chi connectivity index (χ0) is 16.1. The molecule has 0 aliphatic carbocycles. The number of benzene rings is 1. The van der Waals surface area contributed by atoms with Crippen LogP contribution in [0.1, 0.15) is 27.2 Å². The molecule has 6 nitrogen and oxygen atoms in total. The van der Waals surface area contributed by atoms with Gasteiger partial charge in [-0.05, 0) is 26.0 Å². The van der Waals surface area contributed by atoms with Gasteiger partial charge in [0.1, 0.15) is 6.17 Å². The van der Waals surface area contributed by atoms with Crippen molar-refractivity contribution in [2.75, 3.05) is 18.2 Å². The molecule has 2 rings (SSSR count). The predicted octanol–water partition coefficient (Wildman–Crippen LogP) is 1.53. The summed E-state index contributed by atoms with van der Waals surface area (Å²) >= 11 is 0. The van der Waals surface area contributed by atoms with Crippen molar-refractivity contribution in [2.45, 2.75) is 39.4 Å². The molecule has 2 unspecified atom stereocenters. The smallest absolute Gasteiger partial charge is 0.319 e. The van der Waals surface area contributed by atoms with Crippen LogP contribution in [-0.2, 0) is 14.3 Å². The van der Waals surface area contributed by atoms with Crippen molar-refractivity contribution >= 4 is 17.6 Å². The first-order valence-electron chi connectivity index (χ1n) is 7.57. The third kappa shape index (κ3) is 3.57. The van der Waals surface area contributed by atoms with Crippen molar-refractivity contribution in [1.29, 1.82) is 0 Å². The van der Waals surface area contributed by atoms with Gasteiger partial charge in [0.2, 0.25) is 5.91 Å². The van der Waals surface area contributed by atoms with Crippen LogP contribution in [0.3, 0.4) is 0 Å². The molecule has 1 aromatic rings. The van der Waals surface area contributed by atoms with Crippen molar-refractivity contribution in [3.63, 3.8) is 0 Å². The van der Waals surface area contributed by atoms with E-state index in [-0.39, 0.29) is 30.6 Å². The molecule has 0 radical (unpaired) electrons. The normalized spacial score (nSPS) is 21.0. The van der Waals surface area contributed by atoms with Gasteiger partial charge in [0, 0.05) is 13.3 Å². The molecule has 1 heterocycles. The fourth-order valence-electron chi connectivity index (χ4n) is 2.80. The fraction of sp³-hybridized carbons (Fsp3) is 0.500. The lowest BCUT2D eigenvalue weighted by Gasteiger charge is -2.34. The van der Waals surface area contributed by atoms with Crippen molar-refractivity contribution in [3.05, 3.63) is 30.3 Å². The van der Waals surface area contributed by atoms with Crippen molar-refractivity contribution in [2.24, 2.45) is 0 Å². The van der Waals surface area contributed by atoms with Crippen LogP contribution < -0.4 is 10.3 Å². The zero-order valence-electron chi connectivity index (χ0n) is 13.3. The number of hydrogen-bond donors (Lipinski definition) is 1. The van der Waals surface area contributed by atoms with Gasteiger partial charge < -0.3 is 4.74 Å². The van der Waals surface area contributed by atoms with E-state index in [4.69, 9.17) is 4.74 Å². The monoisotopic (exact) mass is 305 g/mol. The number of hydrazine groups is 1. The number of amides is 1. The van der Waals surface area contributed by atoms with Crippen LogP contribution in [0, 0.1) is 0 Å². The maximum atomic E-state index is 12.1. The van der Waals surface area contributed by atoms with Gasteiger partial charge in [0.05, 0.1) is 24.9 Å². The molecular formula is C16H23N3O3. The lowest BCUT2D eigenvalue weighted by Crippen LogP contribution is -2.52. The number of nitrogens with zero attached hydrogens (tertiary/aromatic N) is 2. The molecule has 1 aliphatic heterocycles. The summed E-state index contributed by atoms with van der Waals surface area (Å²) in [7, 11) is 0. The molecule has 0 saturated carbocycles. The summed E-state index contributed by atoms with van der Waals surface area (Å²) in [5, 5.41) is 6.77. The zero-order valence-corrected chi connectivity index (χ0v) is 13.3. The molecule has 1 fully saturated rings. The lowest BCUT2D eigenvalue weighted by molar-refractivity contribution is -0.143. The van der Waals surface area contributed by atoms with Crippen molar-refractivity contribution < 1.29 is 14.3 Å². The topological polar surface area (TPSA) is 61.9 Å². The van der Waals surface area contributed by atoms with Crippen molar-refractivity contribution in [3.8, 4) is 0 Å². The molecule has 1 aromatic carbocycles. The highest BCUT2D eigenvalue weighted by molar-refractivity contribution is 5.77. The maximum absolute atomic E-state index is 12.1. The minimum atomic E-state index is -0.309. The highest BCUT2D eigenvalue weighted by Crippen LogP contribution is 2.29. The molecule has 1 N–H and O–H groups in total. The Balaban J connectivity index is 2.12. The second kappa shape index (κ2) is 7.26. The number of esters is 1. The third-order valence-electron chi connectivity index (χ3n) is 3.64. The first-order chi connectivity index (χ1) is 10.5. The molecule has 1 saturated heterocycles. The Kier molecular flexibility index (Phi) is 5.38. The molecule has 22 heavy (non-hydrogen) atoms. The molecule has 2 atom stereocenters. The maximum Gasteiger partial charge on any atom is 0.319 e. The van der Waals surface area contributed by atoms with E-state index in [1.807, 2.05) is 35.3 Å². The quantitative estimate of drug-likeness (QED) is 0.836. The van der Waals surface area contributed by atoms with Gasteiger partial charge in [-0.15, -0.1) is 0 Å².